The average Bonchev–Trinajstić information content (AvgIpc) is 2.99. The smallest absolute Gasteiger partial charge is 0.258 e. The molecular formula is C14H12N2O2S2. The van der Waals surface area contributed by atoms with Crippen LogP contribution in [0.4, 0.5) is 5.69 Å². The predicted octanol–water partition coefficient (Wildman–Crippen LogP) is 4.86. The first-order valence-electron chi connectivity index (χ1n) is 6.09. The van der Waals surface area contributed by atoms with Crippen molar-refractivity contribution >= 4 is 38.6 Å². The highest BCUT2D eigenvalue weighted by Crippen LogP contribution is 2.39. The summed E-state index contributed by atoms with van der Waals surface area (Å²) in [5.74, 6) is 0. The van der Waals surface area contributed by atoms with E-state index >= 15 is 0 Å². The number of benzene rings is 1. The van der Waals surface area contributed by atoms with Crippen LogP contribution in [0.1, 0.15) is 16.0 Å². The number of aromatic nitrogens is 1. The highest BCUT2D eigenvalue weighted by Gasteiger charge is 2.19. The minimum absolute atomic E-state index is 0.174. The van der Waals surface area contributed by atoms with E-state index in [2.05, 4.69) is 24.0 Å². The fourth-order valence-electron chi connectivity index (χ4n) is 2.18. The van der Waals surface area contributed by atoms with Gasteiger partial charge in [0.05, 0.1) is 20.0 Å². The normalized spacial score (nSPS) is 11.2. The Labute approximate surface area is 123 Å². The first-order valence-corrected chi connectivity index (χ1v) is 7.72. The zero-order valence-electron chi connectivity index (χ0n) is 11.3. The molecule has 0 unspecified atom stereocenters. The van der Waals surface area contributed by atoms with Gasteiger partial charge in [0.2, 0.25) is 0 Å². The number of nitro benzene ring substituents is 1. The SMILES string of the molecule is Cc1ccc(-c2nc3c(C)cc([N+](=O)[O-])c(C)c3s2)s1. The molecule has 0 aliphatic carbocycles. The summed E-state index contributed by atoms with van der Waals surface area (Å²) in [5, 5.41) is 12.0. The molecule has 0 N–H and O–H groups in total. The second kappa shape index (κ2) is 4.64. The molecule has 1 aromatic carbocycles. The van der Waals surface area contributed by atoms with E-state index in [1.807, 2.05) is 6.92 Å². The lowest BCUT2D eigenvalue weighted by Gasteiger charge is -2.00. The maximum absolute atomic E-state index is 11.1. The molecule has 0 aliphatic rings. The van der Waals surface area contributed by atoms with Crippen molar-refractivity contribution in [3.8, 4) is 9.88 Å². The molecule has 2 aromatic heterocycles. The molecule has 3 aromatic rings. The zero-order valence-corrected chi connectivity index (χ0v) is 12.9. The van der Waals surface area contributed by atoms with E-state index in [9.17, 15) is 10.1 Å². The number of rotatable bonds is 2. The van der Waals surface area contributed by atoms with Gasteiger partial charge in [-0.2, -0.15) is 0 Å². The number of hydrogen-bond donors (Lipinski definition) is 0. The Hall–Kier alpha value is -1.79. The van der Waals surface area contributed by atoms with E-state index in [0.29, 0.717) is 5.56 Å². The van der Waals surface area contributed by atoms with Crippen molar-refractivity contribution in [2.75, 3.05) is 0 Å². The molecular weight excluding hydrogens is 292 g/mol. The van der Waals surface area contributed by atoms with Crippen molar-refractivity contribution in [1.82, 2.24) is 4.98 Å². The number of fused-ring (bicyclic) bond motifs is 1. The van der Waals surface area contributed by atoms with Gasteiger partial charge in [0.15, 0.2) is 0 Å². The van der Waals surface area contributed by atoms with Crippen molar-refractivity contribution in [2.45, 2.75) is 20.8 Å². The van der Waals surface area contributed by atoms with Gasteiger partial charge in [-0.1, -0.05) is 0 Å². The second-order valence-electron chi connectivity index (χ2n) is 4.70. The Kier molecular flexibility index (Phi) is 3.07. The summed E-state index contributed by atoms with van der Waals surface area (Å²) in [6.45, 7) is 5.72. The minimum Gasteiger partial charge on any atom is -0.258 e. The van der Waals surface area contributed by atoms with E-state index in [4.69, 9.17) is 0 Å². The molecule has 2 heterocycles. The van der Waals surface area contributed by atoms with Crippen LogP contribution in [0, 0.1) is 30.9 Å². The first-order chi connectivity index (χ1) is 9.47. The average molecular weight is 304 g/mol. The van der Waals surface area contributed by atoms with Gasteiger partial charge < -0.3 is 0 Å². The molecule has 0 bridgehead atoms. The first kappa shape index (κ1) is 13.2. The van der Waals surface area contributed by atoms with Gasteiger partial charge in [0.25, 0.3) is 5.69 Å². The molecule has 0 saturated carbocycles. The summed E-state index contributed by atoms with van der Waals surface area (Å²) in [6.07, 6.45) is 0. The summed E-state index contributed by atoms with van der Waals surface area (Å²) >= 11 is 3.22. The lowest BCUT2D eigenvalue weighted by molar-refractivity contribution is -0.385. The lowest BCUT2D eigenvalue weighted by Crippen LogP contribution is -1.93. The van der Waals surface area contributed by atoms with Crippen LogP contribution in [0.2, 0.25) is 0 Å². The van der Waals surface area contributed by atoms with Crippen LogP contribution in [-0.2, 0) is 0 Å². The molecule has 102 valence electrons. The number of nitro groups is 1. The van der Waals surface area contributed by atoms with Crippen LogP contribution in [0.5, 0.6) is 0 Å². The van der Waals surface area contributed by atoms with Gasteiger partial charge in [-0.25, -0.2) is 4.98 Å². The molecule has 20 heavy (non-hydrogen) atoms. The number of hydrogen-bond acceptors (Lipinski definition) is 5. The van der Waals surface area contributed by atoms with E-state index in [1.165, 1.54) is 16.2 Å². The Balaban J connectivity index is 2.28. The van der Waals surface area contributed by atoms with Crippen LogP contribution in [0.3, 0.4) is 0 Å². The summed E-state index contributed by atoms with van der Waals surface area (Å²) in [6, 6.07) is 5.73. The molecule has 6 heteroatoms. The van der Waals surface area contributed by atoms with Gasteiger partial charge in [-0.15, -0.1) is 22.7 Å². The van der Waals surface area contributed by atoms with Crippen LogP contribution >= 0.6 is 22.7 Å². The van der Waals surface area contributed by atoms with Gasteiger partial charge in [0.1, 0.15) is 5.01 Å². The molecule has 4 nitrogen and oxygen atoms in total. The molecule has 0 fully saturated rings. The number of aryl methyl sites for hydroxylation is 3. The molecule has 3 rings (SSSR count). The molecule has 0 atom stereocenters. The second-order valence-corrected chi connectivity index (χ2v) is 6.99. The van der Waals surface area contributed by atoms with E-state index in [1.54, 1.807) is 24.3 Å². The fraction of sp³-hybridized carbons (Fsp3) is 0.214. The Morgan fingerprint density at radius 1 is 1.20 bits per heavy atom. The summed E-state index contributed by atoms with van der Waals surface area (Å²) < 4.78 is 0.915. The number of thiophene rings is 1. The maximum Gasteiger partial charge on any atom is 0.274 e. The van der Waals surface area contributed by atoms with Crippen molar-refractivity contribution in [2.24, 2.45) is 0 Å². The van der Waals surface area contributed by atoms with Crippen molar-refractivity contribution in [3.05, 3.63) is 44.3 Å². The number of nitrogens with zero attached hydrogens (tertiary/aromatic N) is 2. The molecule has 0 aliphatic heterocycles. The minimum atomic E-state index is -0.323. The third-order valence-corrected chi connectivity index (χ3v) is 5.57. The van der Waals surface area contributed by atoms with Crippen LogP contribution in [-0.4, -0.2) is 9.91 Å². The topological polar surface area (TPSA) is 56.0 Å². The van der Waals surface area contributed by atoms with Crippen molar-refractivity contribution in [1.29, 1.82) is 0 Å². The predicted molar refractivity (Wildman–Crippen MR) is 83.8 cm³/mol. The van der Waals surface area contributed by atoms with Crippen LogP contribution in [0.25, 0.3) is 20.1 Å². The van der Waals surface area contributed by atoms with Crippen molar-refractivity contribution in [3.63, 3.8) is 0 Å². The Bertz CT molecular complexity index is 833. The third-order valence-electron chi connectivity index (χ3n) is 3.23. The van der Waals surface area contributed by atoms with Gasteiger partial charge >= 0.3 is 0 Å². The Morgan fingerprint density at radius 2 is 1.95 bits per heavy atom. The van der Waals surface area contributed by atoms with Crippen molar-refractivity contribution < 1.29 is 4.92 Å². The molecule has 0 amide bonds. The Morgan fingerprint density at radius 3 is 2.55 bits per heavy atom. The largest absolute Gasteiger partial charge is 0.274 e. The van der Waals surface area contributed by atoms with Gasteiger partial charge in [-0.05, 0) is 38.5 Å². The standard InChI is InChI=1S/C14H12N2O2S2/c1-7-6-10(16(17)18)9(3)13-12(7)15-14(20-13)11-5-4-8(2)19-11/h4-6H,1-3H3. The lowest BCUT2D eigenvalue weighted by atomic mass is 10.1. The highest BCUT2D eigenvalue weighted by molar-refractivity contribution is 7.25. The maximum atomic E-state index is 11.1. The molecule has 0 radical (unpaired) electrons. The third kappa shape index (κ3) is 2.01. The summed E-state index contributed by atoms with van der Waals surface area (Å²) in [5.41, 5.74) is 2.60. The van der Waals surface area contributed by atoms with Crippen LogP contribution in [0.15, 0.2) is 18.2 Å². The summed E-state index contributed by atoms with van der Waals surface area (Å²) in [4.78, 5) is 17.8. The highest BCUT2D eigenvalue weighted by atomic mass is 32.1. The van der Waals surface area contributed by atoms with E-state index < -0.39 is 0 Å². The van der Waals surface area contributed by atoms with E-state index in [-0.39, 0.29) is 10.6 Å². The van der Waals surface area contributed by atoms with Gasteiger partial charge in [-0.3, -0.25) is 10.1 Å². The molecule has 0 saturated heterocycles. The summed E-state index contributed by atoms with van der Waals surface area (Å²) in [7, 11) is 0. The van der Waals surface area contributed by atoms with E-state index in [0.717, 1.165) is 25.7 Å². The van der Waals surface area contributed by atoms with Gasteiger partial charge in [0, 0.05) is 16.5 Å². The van der Waals surface area contributed by atoms with Crippen LogP contribution < -0.4 is 0 Å². The molecule has 0 spiro atoms. The monoisotopic (exact) mass is 304 g/mol. The zero-order chi connectivity index (χ0) is 14.4. The number of thiazole rings is 1. The quantitative estimate of drug-likeness (QED) is 0.502. The fourth-order valence-corrected chi connectivity index (χ4v) is 4.25.